The number of nitriles is 1. The second kappa shape index (κ2) is 5.78. The summed E-state index contributed by atoms with van der Waals surface area (Å²) in [6, 6.07) is 9.23. The van der Waals surface area contributed by atoms with Gasteiger partial charge in [-0.1, -0.05) is 18.2 Å². The molecule has 1 heterocycles. The molecule has 0 radical (unpaired) electrons. The topological polar surface area (TPSA) is 87.9 Å². The molecule has 0 saturated heterocycles. The van der Waals surface area contributed by atoms with E-state index in [9.17, 15) is 4.79 Å². The third kappa shape index (κ3) is 2.77. The van der Waals surface area contributed by atoms with Crippen LogP contribution >= 0.6 is 0 Å². The third-order valence-corrected chi connectivity index (χ3v) is 2.49. The van der Waals surface area contributed by atoms with Gasteiger partial charge in [-0.25, -0.2) is 0 Å². The predicted molar refractivity (Wildman–Crippen MR) is 69.4 cm³/mol. The first-order chi connectivity index (χ1) is 9.26. The number of hydrogen-bond acceptors (Lipinski definition) is 6. The largest absolute Gasteiger partial charge is 0.465 e. The lowest BCUT2D eigenvalue weighted by Gasteiger charge is -2.09. The van der Waals surface area contributed by atoms with Crippen molar-refractivity contribution in [3.05, 3.63) is 30.0 Å². The highest BCUT2D eigenvalue weighted by Gasteiger charge is 2.11. The molecule has 0 aliphatic heterocycles. The van der Waals surface area contributed by atoms with E-state index in [1.165, 1.54) is 0 Å². The SMILES string of the molecule is CCOC(=O)CNc1c(C#N)nnc2ccccc12. The summed E-state index contributed by atoms with van der Waals surface area (Å²) in [5, 5.41) is 20.4. The Morgan fingerprint density at radius 1 is 1.42 bits per heavy atom. The van der Waals surface area contributed by atoms with Crippen molar-refractivity contribution in [1.29, 1.82) is 5.26 Å². The molecule has 1 aromatic carbocycles. The number of ether oxygens (including phenoxy) is 1. The molecule has 0 fully saturated rings. The second-order valence-electron chi connectivity index (χ2n) is 3.71. The van der Waals surface area contributed by atoms with Crippen molar-refractivity contribution >= 4 is 22.6 Å². The first kappa shape index (κ1) is 12.8. The number of benzene rings is 1. The lowest BCUT2D eigenvalue weighted by atomic mass is 10.1. The molecule has 0 amide bonds. The fourth-order valence-corrected chi connectivity index (χ4v) is 1.68. The molecular weight excluding hydrogens is 244 g/mol. The molecule has 0 atom stereocenters. The molecule has 2 rings (SSSR count). The molecule has 0 unspecified atom stereocenters. The van der Waals surface area contributed by atoms with Crippen LogP contribution in [-0.4, -0.2) is 29.3 Å². The van der Waals surface area contributed by atoms with E-state index < -0.39 is 0 Å². The van der Waals surface area contributed by atoms with Crippen LogP contribution in [0, 0.1) is 11.3 Å². The van der Waals surface area contributed by atoms with E-state index in [4.69, 9.17) is 10.00 Å². The third-order valence-electron chi connectivity index (χ3n) is 2.49. The highest BCUT2D eigenvalue weighted by Crippen LogP contribution is 2.23. The molecule has 19 heavy (non-hydrogen) atoms. The van der Waals surface area contributed by atoms with Crippen molar-refractivity contribution in [2.45, 2.75) is 6.92 Å². The van der Waals surface area contributed by atoms with Gasteiger partial charge >= 0.3 is 5.97 Å². The molecule has 0 aliphatic carbocycles. The quantitative estimate of drug-likeness (QED) is 0.833. The summed E-state index contributed by atoms with van der Waals surface area (Å²) in [6.45, 7) is 2.04. The maximum atomic E-state index is 11.3. The molecule has 1 aromatic heterocycles. The van der Waals surface area contributed by atoms with Crippen molar-refractivity contribution in [2.75, 3.05) is 18.5 Å². The minimum absolute atomic E-state index is 0.0157. The minimum atomic E-state index is -0.382. The smallest absolute Gasteiger partial charge is 0.325 e. The molecule has 0 aliphatic rings. The number of anilines is 1. The van der Waals surface area contributed by atoms with Crippen molar-refractivity contribution in [1.82, 2.24) is 10.2 Å². The van der Waals surface area contributed by atoms with Gasteiger partial charge in [0.1, 0.15) is 12.6 Å². The molecule has 2 aromatic rings. The lowest BCUT2D eigenvalue weighted by Crippen LogP contribution is -2.17. The summed E-state index contributed by atoms with van der Waals surface area (Å²) in [5.74, 6) is -0.382. The number of carbonyl (C=O) groups excluding carboxylic acids is 1. The van der Waals surface area contributed by atoms with E-state index in [-0.39, 0.29) is 18.2 Å². The van der Waals surface area contributed by atoms with Gasteiger partial charge in [-0.05, 0) is 13.0 Å². The number of esters is 1. The van der Waals surface area contributed by atoms with Crippen LogP contribution < -0.4 is 5.32 Å². The Morgan fingerprint density at radius 3 is 2.95 bits per heavy atom. The van der Waals surface area contributed by atoms with Crippen LogP contribution in [0.15, 0.2) is 24.3 Å². The maximum Gasteiger partial charge on any atom is 0.325 e. The average Bonchev–Trinajstić information content (AvgIpc) is 2.44. The van der Waals surface area contributed by atoms with Gasteiger partial charge in [-0.2, -0.15) is 5.26 Å². The Labute approximate surface area is 110 Å². The van der Waals surface area contributed by atoms with Crippen LogP contribution in [0.3, 0.4) is 0 Å². The van der Waals surface area contributed by atoms with E-state index in [0.29, 0.717) is 17.8 Å². The Morgan fingerprint density at radius 2 is 2.21 bits per heavy atom. The lowest BCUT2D eigenvalue weighted by molar-refractivity contribution is -0.140. The van der Waals surface area contributed by atoms with Crippen molar-refractivity contribution in [2.24, 2.45) is 0 Å². The molecule has 6 nitrogen and oxygen atoms in total. The molecule has 6 heteroatoms. The van der Waals surface area contributed by atoms with Crippen LogP contribution in [0.25, 0.3) is 10.9 Å². The van der Waals surface area contributed by atoms with Gasteiger partial charge in [0.05, 0.1) is 17.8 Å². The summed E-state index contributed by atoms with van der Waals surface area (Å²) in [6.07, 6.45) is 0. The van der Waals surface area contributed by atoms with Gasteiger partial charge in [0.2, 0.25) is 0 Å². The number of carbonyl (C=O) groups is 1. The normalized spacial score (nSPS) is 9.89. The fraction of sp³-hybridized carbons (Fsp3) is 0.231. The van der Waals surface area contributed by atoms with Gasteiger partial charge in [0, 0.05) is 5.39 Å². The molecule has 0 bridgehead atoms. The van der Waals surface area contributed by atoms with Crippen molar-refractivity contribution in [3.63, 3.8) is 0 Å². The van der Waals surface area contributed by atoms with Crippen LogP contribution in [0.5, 0.6) is 0 Å². The molecule has 0 saturated carbocycles. The zero-order valence-corrected chi connectivity index (χ0v) is 10.4. The number of hydrogen-bond donors (Lipinski definition) is 1. The van der Waals surface area contributed by atoms with E-state index in [2.05, 4.69) is 15.5 Å². The first-order valence-electron chi connectivity index (χ1n) is 5.81. The van der Waals surface area contributed by atoms with Crippen molar-refractivity contribution in [3.8, 4) is 6.07 Å². The van der Waals surface area contributed by atoms with Gasteiger partial charge in [-0.15, -0.1) is 10.2 Å². The zero-order chi connectivity index (χ0) is 13.7. The number of nitrogens with zero attached hydrogens (tertiary/aromatic N) is 3. The number of rotatable bonds is 4. The number of fused-ring (bicyclic) bond motifs is 1. The maximum absolute atomic E-state index is 11.3. The predicted octanol–water partition coefficient (Wildman–Crippen LogP) is 1.48. The van der Waals surface area contributed by atoms with Gasteiger partial charge in [0.25, 0.3) is 0 Å². The van der Waals surface area contributed by atoms with E-state index in [1.54, 1.807) is 13.0 Å². The Bertz CT molecular complexity index is 649. The Balaban J connectivity index is 2.34. The monoisotopic (exact) mass is 256 g/mol. The molecule has 96 valence electrons. The first-order valence-corrected chi connectivity index (χ1v) is 5.81. The van der Waals surface area contributed by atoms with E-state index in [1.807, 2.05) is 24.3 Å². The minimum Gasteiger partial charge on any atom is -0.465 e. The Hall–Kier alpha value is -2.68. The number of aromatic nitrogens is 2. The fourth-order valence-electron chi connectivity index (χ4n) is 1.68. The Kier molecular flexibility index (Phi) is 3.88. The summed E-state index contributed by atoms with van der Waals surface area (Å²) < 4.78 is 4.83. The van der Waals surface area contributed by atoms with E-state index >= 15 is 0 Å². The summed E-state index contributed by atoms with van der Waals surface area (Å²) >= 11 is 0. The molecular formula is C13H12N4O2. The number of nitrogens with one attached hydrogen (secondary N) is 1. The standard InChI is InChI=1S/C13H12N4O2/c1-2-19-12(18)8-15-13-9-5-3-4-6-10(9)16-17-11(13)7-14/h3-6H,2,8H2,1H3,(H,15,16). The highest BCUT2D eigenvalue weighted by molar-refractivity contribution is 5.93. The van der Waals surface area contributed by atoms with Crippen molar-refractivity contribution < 1.29 is 9.53 Å². The second-order valence-corrected chi connectivity index (χ2v) is 3.71. The average molecular weight is 256 g/mol. The highest BCUT2D eigenvalue weighted by atomic mass is 16.5. The van der Waals surface area contributed by atoms with Crippen LogP contribution in [0.4, 0.5) is 5.69 Å². The zero-order valence-electron chi connectivity index (χ0n) is 10.4. The molecule has 0 spiro atoms. The molecule has 1 N–H and O–H groups in total. The summed E-state index contributed by atoms with van der Waals surface area (Å²) in [5.41, 5.74) is 1.32. The van der Waals surface area contributed by atoms with Crippen LogP contribution in [0.2, 0.25) is 0 Å². The summed E-state index contributed by atoms with van der Waals surface area (Å²) in [7, 11) is 0. The van der Waals surface area contributed by atoms with Crippen LogP contribution in [0.1, 0.15) is 12.6 Å². The van der Waals surface area contributed by atoms with Crippen LogP contribution in [-0.2, 0) is 9.53 Å². The summed E-state index contributed by atoms with van der Waals surface area (Å²) in [4.78, 5) is 11.3. The van der Waals surface area contributed by atoms with E-state index in [0.717, 1.165) is 5.39 Å². The van der Waals surface area contributed by atoms with Gasteiger partial charge < -0.3 is 10.1 Å². The van der Waals surface area contributed by atoms with Gasteiger partial charge in [-0.3, -0.25) is 4.79 Å². The van der Waals surface area contributed by atoms with Gasteiger partial charge in [0.15, 0.2) is 5.69 Å².